The summed E-state index contributed by atoms with van der Waals surface area (Å²) in [5, 5.41) is 0.750. The molecule has 1 fully saturated rings. The minimum atomic E-state index is 0.750. The van der Waals surface area contributed by atoms with Crippen LogP contribution in [0.15, 0.2) is 0 Å². The first-order chi connectivity index (χ1) is 2.21. The lowest BCUT2D eigenvalue weighted by Gasteiger charge is -1.85. The highest BCUT2D eigenvalue weighted by Crippen LogP contribution is 2.49. The number of hydrogen-bond acceptors (Lipinski definition) is 0. The standard InChI is InChI=1S/C4H9B/c1-4(5)2-3-4/h2-3,5H2,1H3. The SMILES string of the molecule is BC1(C)CC1. The molecule has 28 valence electrons. The fourth-order valence-corrected chi connectivity index (χ4v) is 0.250. The van der Waals surface area contributed by atoms with Crippen molar-refractivity contribution in [2.45, 2.75) is 25.1 Å². The molecule has 0 spiro atoms. The van der Waals surface area contributed by atoms with Gasteiger partial charge in [0, 0.05) is 0 Å². The van der Waals surface area contributed by atoms with Gasteiger partial charge in [0.1, 0.15) is 7.85 Å². The third-order valence-corrected chi connectivity index (χ3v) is 1.25. The van der Waals surface area contributed by atoms with Gasteiger partial charge >= 0.3 is 0 Å². The highest BCUT2D eigenvalue weighted by molar-refractivity contribution is 6.16. The monoisotopic (exact) mass is 68.1 g/mol. The van der Waals surface area contributed by atoms with Crippen molar-refractivity contribution in [2.24, 2.45) is 0 Å². The van der Waals surface area contributed by atoms with E-state index < -0.39 is 0 Å². The van der Waals surface area contributed by atoms with E-state index in [9.17, 15) is 0 Å². The molecule has 1 aliphatic carbocycles. The molecule has 0 amide bonds. The molecule has 1 rings (SSSR count). The Bertz CT molecular complexity index is 41.6. The summed E-state index contributed by atoms with van der Waals surface area (Å²) in [6.07, 6.45) is 2.90. The molecule has 0 nitrogen and oxygen atoms in total. The fraction of sp³-hybridized carbons (Fsp3) is 1.00. The van der Waals surface area contributed by atoms with Gasteiger partial charge in [-0.15, -0.1) is 0 Å². The highest BCUT2D eigenvalue weighted by Gasteiger charge is 2.30. The smallest absolute Gasteiger partial charge is 0.0669 e. The first-order valence-electron chi connectivity index (χ1n) is 2.21. The fourth-order valence-electron chi connectivity index (χ4n) is 0.250. The Hall–Kier alpha value is 0.0649. The third-order valence-electron chi connectivity index (χ3n) is 1.25. The van der Waals surface area contributed by atoms with Crippen LogP contribution in [0.3, 0.4) is 0 Å². The summed E-state index contributed by atoms with van der Waals surface area (Å²) in [6, 6.07) is 0. The molecule has 0 unspecified atom stereocenters. The van der Waals surface area contributed by atoms with Gasteiger partial charge in [-0.25, -0.2) is 0 Å². The summed E-state index contributed by atoms with van der Waals surface area (Å²) < 4.78 is 0. The Labute approximate surface area is 34.0 Å². The summed E-state index contributed by atoms with van der Waals surface area (Å²) in [5.41, 5.74) is 0. The van der Waals surface area contributed by atoms with Gasteiger partial charge in [-0.3, -0.25) is 0 Å². The molecule has 0 saturated heterocycles. The van der Waals surface area contributed by atoms with Gasteiger partial charge in [-0.2, -0.15) is 0 Å². The molecule has 1 heteroatoms. The zero-order valence-corrected chi connectivity index (χ0v) is 3.91. The molecule has 0 radical (unpaired) electrons. The average Bonchev–Trinajstić information content (AvgIpc) is 1.76. The zero-order valence-electron chi connectivity index (χ0n) is 3.91. The van der Waals surface area contributed by atoms with E-state index in [0.29, 0.717) is 0 Å². The van der Waals surface area contributed by atoms with Crippen LogP contribution < -0.4 is 0 Å². The zero-order chi connectivity index (χ0) is 3.91. The van der Waals surface area contributed by atoms with Crippen LogP contribution in [0.25, 0.3) is 0 Å². The molecule has 0 atom stereocenters. The highest BCUT2D eigenvalue weighted by atomic mass is 14.3. The lowest BCUT2D eigenvalue weighted by Crippen LogP contribution is -1.74. The Morgan fingerprint density at radius 3 is 1.80 bits per heavy atom. The van der Waals surface area contributed by atoms with E-state index in [1.807, 2.05) is 0 Å². The molecule has 5 heavy (non-hydrogen) atoms. The molecule has 0 aromatic rings. The maximum atomic E-state index is 2.30. The molecule has 0 aliphatic heterocycles. The minimum Gasteiger partial charge on any atom is -0.0669 e. The topological polar surface area (TPSA) is 0 Å². The first-order valence-corrected chi connectivity index (χ1v) is 2.21. The lowest BCUT2D eigenvalue weighted by atomic mass is 9.86. The van der Waals surface area contributed by atoms with E-state index in [-0.39, 0.29) is 0 Å². The molecular weight excluding hydrogens is 58.9 g/mol. The summed E-state index contributed by atoms with van der Waals surface area (Å²) in [4.78, 5) is 0. The third kappa shape index (κ3) is 0.676. The van der Waals surface area contributed by atoms with Crippen LogP contribution in [0.1, 0.15) is 19.8 Å². The number of rotatable bonds is 0. The first kappa shape index (κ1) is 3.26. The Balaban J connectivity index is 2.38. The van der Waals surface area contributed by atoms with E-state index in [1.165, 1.54) is 12.8 Å². The van der Waals surface area contributed by atoms with Crippen LogP contribution in [0.2, 0.25) is 5.31 Å². The maximum absolute atomic E-state index is 2.30. The molecule has 0 bridgehead atoms. The quantitative estimate of drug-likeness (QED) is 0.364. The summed E-state index contributed by atoms with van der Waals surface area (Å²) in [6.45, 7) is 2.30. The Morgan fingerprint density at radius 2 is 1.80 bits per heavy atom. The Kier molecular flexibility index (Phi) is 0.383. The van der Waals surface area contributed by atoms with Gasteiger partial charge in [0.2, 0.25) is 0 Å². The molecule has 1 saturated carbocycles. The molecule has 0 aromatic carbocycles. The average molecular weight is 67.9 g/mol. The summed E-state index contributed by atoms with van der Waals surface area (Å²) >= 11 is 0. The molecular formula is C4H9B. The van der Waals surface area contributed by atoms with Crippen LogP contribution >= 0.6 is 0 Å². The van der Waals surface area contributed by atoms with Crippen LogP contribution in [-0.4, -0.2) is 7.85 Å². The second kappa shape index (κ2) is 0.587. The predicted molar refractivity (Wildman–Crippen MR) is 26.1 cm³/mol. The minimum absolute atomic E-state index is 0.750. The molecule has 0 heterocycles. The number of hydrogen-bond donors (Lipinski definition) is 0. The van der Waals surface area contributed by atoms with Crippen LogP contribution in [0, 0.1) is 0 Å². The largest absolute Gasteiger partial charge is 0.109 e. The van der Waals surface area contributed by atoms with Gasteiger partial charge in [-0.1, -0.05) is 25.1 Å². The van der Waals surface area contributed by atoms with E-state index in [0.717, 1.165) is 5.31 Å². The van der Waals surface area contributed by atoms with Crippen LogP contribution in [-0.2, 0) is 0 Å². The van der Waals surface area contributed by atoms with Crippen molar-refractivity contribution in [1.82, 2.24) is 0 Å². The van der Waals surface area contributed by atoms with Crippen molar-refractivity contribution >= 4 is 7.85 Å². The van der Waals surface area contributed by atoms with Gasteiger partial charge < -0.3 is 0 Å². The normalized spacial score (nSPS) is 29.8. The van der Waals surface area contributed by atoms with Crippen molar-refractivity contribution in [1.29, 1.82) is 0 Å². The second-order valence-electron chi connectivity index (χ2n) is 2.66. The Morgan fingerprint density at radius 1 is 1.60 bits per heavy atom. The maximum Gasteiger partial charge on any atom is 0.109 e. The van der Waals surface area contributed by atoms with Gasteiger partial charge in [-0.05, 0) is 0 Å². The molecule has 1 aliphatic rings. The van der Waals surface area contributed by atoms with Crippen molar-refractivity contribution in [2.75, 3.05) is 0 Å². The van der Waals surface area contributed by atoms with Crippen LogP contribution in [0.5, 0.6) is 0 Å². The van der Waals surface area contributed by atoms with Crippen molar-refractivity contribution in [3.05, 3.63) is 0 Å². The molecule has 0 N–H and O–H groups in total. The van der Waals surface area contributed by atoms with Gasteiger partial charge in [0.05, 0.1) is 0 Å². The van der Waals surface area contributed by atoms with Gasteiger partial charge in [0.25, 0.3) is 0 Å². The van der Waals surface area contributed by atoms with E-state index in [1.54, 1.807) is 0 Å². The van der Waals surface area contributed by atoms with E-state index >= 15 is 0 Å². The molecule has 0 aromatic heterocycles. The second-order valence-corrected chi connectivity index (χ2v) is 2.66. The van der Waals surface area contributed by atoms with Crippen molar-refractivity contribution in [3.8, 4) is 0 Å². The lowest BCUT2D eigenvalue weighted by molar-refractivity contribution is 1.01. The van der Waals surface area contributed by atoms with Crippen molar-refractivity contribution < 1.29 is 0 Å². The predicted octanol–water partition coefficient (Wildman–Crippen LogP) is 0.592. The van der Waals surface area contributed by atoms with Gasteiger partial charge in [0.15, 0.2) is 0 Å². The van der Waals surface area contributed by atoms with E-state index in [2.05, 4.69) is 14.8 Å². The van der Waals surface area contributed by atoms with E-state index in [4.69, 9.17) is 0 Å². The summed E-state index contributed by atoms with van der Waals surface area (Å²) in [7, 11) is 2.30. The summed E-state index contributed by atoms with van der Waals surface area (Å²) in [5.74, 6) is 0. The van der Waals surface area contributed by atoms with Crippen LogP contribution in [0.4, 0.5) is 0 Å². The van der Waals surface area contributed by atoms with Crippen molar-refractivity contribution in [3.63, 3.8) is 0 Å².